The molecule has 3 rings (SSSR count). The maximum Gasteiger partial charge on any atom is 0.222 e. The maximum absolute atomic E-state index is 5.89. The first-order valence-electron chi connectivity index (χ1n) is 8.09. The van der Waals surface area contributed by atoms with E-state index in [1.165, 1.54) is 5.56 Å². The topological polar surface area (TPSA) is 68.8 Å². The highest BCUT2D eigenvalue weighted by atomic mass is 15.1. The molecule has 3 aromatic rings. The Hall–Kier alpha value is -2.56. The van der Waals surface area contributed by atoms with Crippen molar-refractivity contribution >= 4 is 22.8 Å². The van der Waals surface area contributed by atoms with Gasteiger partial charge in [-0.15, -0.1) is 0 Å². The van der Waals surface area contributed by atoms with Crippen LogP contribution in [0, 0.1) is 6.92 Å². The van der Waals surface area contributed by atoms with Crippen LogP contribution in [-0.4, -0.2) is 21.1 Å². The molecule has 0 fully saturated rings. The van der Waals surface area contributed by atoms with Crippen molar-refractivity contribution < 1.29 is 0 Å². The Bertz CT molecular complexity index is 792. The number of aromatic nitrogens is 3. The second-order valence-corrected chi connectivity index (χ2v) is 5.83. The number of nitrogen functional groups attached to an aromatic ring is 1. The molecule has 120 valence electrons. The number of benzene rings is 1. The second kappa shape index (κ2) is 6.69. The number of hydrogen-bond acceptors (Lipinski definition) is 4. The lowest BCUT2D eigenvalue weighted by Crippen LogP contribution is -2.09. The van der Waals surface area contributed by atoms with Crippen molar-refractivity contribution in [2.24, 2.45) is 0 Å². The molecule has 0 spiro atoms. The summed E-state index contributed by atoms with van der Waals surface area (Å²) in [6, 6.07) is 10.4. The predicted octanol–water partition coefficient (Wildman–Crippen LogP) is 3.58. The van der Waals surface area contributed by atoms with Crippen LogP contribution in [0.15, 0.2) is 36.5 Å². The molecule has 0 bridgehead atoms. The van der Waals surface area contributed by atoms with E-state index in [-0.39, 0.29) is 0 Å². The van der Waals surface area contributed by atoms with Crippen molar-refractivity contribution in [2.45, 2.75) is 33.2 Å². The summed E-state index contributed by atoms with van der Waals surface area (Å²) in [4.78, 5) is 8.86. The van der Waals surface area contributed by atoms with Gasteiger partial charge in [-0.25, -0.2) is 4.98 Å². The molecule has 2 aromatic heterocycles. The Labute approximate surface area is 136 Å². The first-order chi connectivity index (χ1) is 11.2. The van der Waals surface area contributed by atoms with Crippen LogP contribution in [0.3, 0.4) is 0 Å². The SMILES string of the molecule is CCCCNc1nc(N)nc2c(C)cn(Cc3ccccc3)c12. The fraction of sp³-hybridized carbons (Fsp3) is 0.333. The van der Waals surface area contributed by atoms with Gasteiger partial charge in [-0.2, -0.15) is 4.98 Å². The lowest BCUT2D eigenvalue weighted by Gasteiger charge is -2.11. The van der Waals surface area contributed by atoms with E-state index < -0.39 is 0 Å². The summed E-state index contributed by atoms with van der Waals surface area (Å²) in [7, 11) is 0. The van der Waals surface area contributed by atoms with Crippen LogP contribution in [-0.2, 0) is 6.54 Å². The summed E-state index contributed by atoms with van der Waals surface area (Å²) in [5, 5.41) is 3.42. The van der Waals surface area contributed by atoms with Gasteiger partial charge in [-0.3, -0.25) is 0 Å². The first-order valence-corrected chi connectivity index (χ1v) is 8.09. The van der Waals surface area contributed by atoms with E-state index in [4.69, 9.17) is 5.73 Å². The third-order valence-corrected chi connectivity index (χ3v) is 3.93. The molecule has 3 N–H and O–H groups in total. The van der Waals surface area contributed by atoms with E-state index in [1.54, 1.807) is 0 Å². The molecular formula is C18H23N5. The van der Waals surface area contributed by atoms with Crippen LogP contribution in [0.4, 0.5) is 11.8 Å². The van der Waals surface area contributed by atoms with E-state index >= 15 is 0 Å². The third kappa shape index (κ3) is 3.28. The van der Waals surface area contributed by atoms with Gasteiger partial charge < -0.3 is 15.6 Å². The number of nitrogens with zero attached hydrogens (tertiary/aromatic N) is 3. The number of unbranched alkanes of at least 4 members (excludes halogenated alkanes) is 1. The molecule has 0 saturated carbocycles. The summed E-state index contributed by atoms with van der Waals surface area (Å²) < 4.78 is 2.20. The monoisotopic (exact) mass is 309 g/mol. The average molecular weight is 309 g/mol. The number of nitrogens with two attached hydrogens (primary N) is 1. The zero-order valence-corrected chi connectivity index (χ0v) is 13.7. The normalized spacial score (nSPS) is 11.0. The van der Waals surface area contributed by atoms with Crippen molar-refractivity contribution in [1.82, 2.24) is 14.5 Å². The van der Waals surface area contributed by atoms with Gasteiger partial charge in [0.1, 0.15) is 5.52 Å². The smallest absolute Gasteiger partial charge is 0.222 e. The van der Waals surface area contributed by atoms with Crippen LogP contribution in [0.5, 0.6) is 0 Å². The highest BCUT2D eigenvalue weighted by Gasteiger charge is 2.14. The molecule has 5 heteroatoms. The van der Waals surface area contributed by atoms with Gasteiger partial charge in [0.15, 0.2) is 5.82 Å². The van der Waals surface area contributed by atoms with E-state index in [2.05, 4.69) is 64.2 Å². The highest BCUT2D eigenvalue weighted by molar-refractivity contribution is 5.90. The van der Waals surface area contributed by atoms with Crippen LogP contribution < -0.4 is 11.1 Å². The molecule has 1 aromatic carbocycles. The van der Waals surface area contributed by atoms with Gasteiger partial charge in [0, 0.05) is 19.3 Å². The Morgan fingerprint density at radius 2 is 1.96 bits per heavy atom. The quantitative estimate of drug-likeness (QED) is 0.683. The second-order valence-electron chi connectivity index (χ2n) is 5.83. The van der Waals surface area contributed by atoms with Crippen LogP contribution in [0.2, 0.25) is 0 Å². The van der Waals surface area contributed by atoms with Gasteiger partial charge in [0.05, 0.1) is 5.52 Å². The number of hydrogen-bond donors (Lipinski definition) is 2. The Morgan fingerprint density at radius 3 is 2.70 bits per heavy atom. The molecule has 5 nitrogen and oxygen atoms in total. The minimum Gasteiger partial charge on any atom is -0.368 e. The first kappa shape index (κ1) is 15.3. The molecule has 0 radical (unpaired) electrons. The van der Waals surface area contributed by atoms with Crippen LogP contribution in [0.25, 0.3) is 11.0 Å². The summed E-state index contributed by atoms with van der Waals surface area (Å²) in [6.07, 6.45) is 4.36. The Balaban J connectivity index is 2.03. The van der Waals surface area contributed by atoms with Crippen molar-refractivity contribution in [1.29, 1.82) is 0 Å². The highest BCUT2D eigenvalue weighted by Crippen LogP contribution is 2.26. The van der Waals surface area contributed by atoms with Gasteiger partial charge in [-0.05, 0) is 24.5 Å². The fourth-order valence-electron chi connectivity index (χ4n) is 2.79. The standard InChI is InChI=1S/C18H23N5/c1-3-4-10-20-17-16-15(21-18(19)22-17)13(2)11-23(16)12-14-8-6-5-7-9-14/h5-9,11H,3-4,10,12H2,1-2H3,(H3,19,20,21,22). The predicted molar refractivity (Wildman–Crippen MR) is 95.6 cm³/mol. The molecule has 0 aliphatic rings. The third-order valence-electron chi connectivity index (χ3n) is 3.93. The lowest BCUT2D eigenvalue weighted by molar-refractivity contribution is 0.819. The zero-order chi connectivity index (χ0) is 16.2. The number of aryl methyl sites for hydroxylation is 1. The molecule has 0 aliphatic heterocycles. The van der Waals surface area contributed by atoms with E-state index in [0.717, 1.165) is 48.3 Å². The van der Waals surface area contributed by atoms with Crippen LogP contribution in [0.1, 0.15) is 30.9 Å². The lowest BCUT2D eigenvalue weighted by atomic mass is 10.2. The van der Waals surface area contributed by atoms with Crippen LogP contribution >= 0.6 is 0 Å². The molecule has 0 saturated heterocycles. The number of fused-ring (bicyclic) bond motifs is 1. The van der Waals surface area contributed by atoms with Gasteiger partial charge >= 0.3 is 0 Å². The van der Waals surface area contributed by atoms with E-state index in [1.807, 2.05) is 6.07 Å². The number of anilines is 2. The van der Waals surface area contributed by atoms with E-state index in [9.17, 15) is 0 Å². The summed E-state index contributed by atoms with van der Waals surface area (Å²) in [5.41, 5.74) is 10.2. The van der Waals surface area contributed by atoms with Crippen molar-refractivity contribution in [3.05, 3.63) is 47.7 Å². The van der Waals surface area contributed by atoms with Crippen molar-refractivity contribution in [2.75, 3.05) is 17.6 Å². The Morgan fingerprint density at radius 1 is 1.17 bits per heavy atom. The molecule has 0 unspecified atom stereocenters. The van der Waals surface area contributed by atoms with Crippen molar-refractivity contribution in [3.63, 3.8) is 0 Å². The summed E-state index contributed by atoms with van der Waals surface area (Å²) >= 11 is 0. The van der Waals surface area contributed by atoms with Gasteiger partial charge in [-0.1, -0.05) is 43.7 Å². The van der Waals surface area contributed by atoms with E-state index in [0.29, 0.717) is 5.95 Å². The molecule has 23 heavy (non-hydrogen) atoms. The zero-order valence-electron chi connectivity index (χ0n) is 13.7. The van der Waals surface area contributed by atoms with Crippen molar-refractivity contribution in [3.8, 4) is 0 Å². The summed E-state index contributed by atoms with van der Waals surface area (Å²) in [5.74, 6) is 1.14. The largest absolute Gasteiger partial charge is 0.368 e. The Kier molecular flexibility index (Phi) is 4.46. The minimum atomic E-state index is 0.317. The number of nitrogens with one attached hydrogen (secondary N) is 1. The molecule has 2 heterocycles. The van der Waals surface area contributed by atoms with Gasteiger partial charge in [0.2, 0.25) is 5.95 Å². The van der Waals surface area contributed by atoms with Gasteiger partial charge in [0.25, 0.3) is 0 Å². The average Bonchev–Trinajstić information content (AvgIpc) is 2.84. The fourth-order valence-corrected chi connectivity index (χ4v) is 2.79. The molecule has 0 atom stereocenters. The molecule has 0 aliphatic carbocycles. The molecular weight excluding hydrogens is 286 g/mol. The number of rotatable bonds is 6. The molecule has 0 amide bonds. The maximum atomic E-state index is 5.89. The summed E-state index contributed by atoms with van der Waals surface area (Å²) in [6.45, 7) is 5.92. The minimum absolute atomic E-state index is 0.317.